The quantitative estimate of drug-likeness (QED) is 0.255. The molecule has 184 valence electrons. The Morgan fingerprint density at radius 2 is 1.14 bits per heavy atom. The summed E-state index contributed by atoms with van der Waals surface area (Å²) >= 11 is 0. The highest BCUT2D eigenvalue weighted by Gasteiger charge is 2.39. The van der Waals surface area contributed by atoms with Crippen LogP contribution in [0.25, 0.3) is 0 Å². The number of benzene rings is 4. The Labute approximate surface area is 217 Å². The third-order valence-corrected chi connectivity index (χ3v) is 10.7. The normalized spacial score (nSPS) is 20.2. The smallest absolute Gasteiger partial charge is 0.0518 e. The average molecular weight is 493 g/mol. The summed E-state index contributed by atoms with van der Waals surface area (Å²) in [7, 11) is -0.433. The summed E-state index contributed by atoms with van der Waals surface area (Å²) in [6.45, 7) is 2.39. The zero-order valence-corrected chi connectivity index (χ0v) is 22.0. The number of nitrogens with two attached hydrogens (primary N) is 1. The van der Waals surface area contributed by atoms with Gasteiger partial charge in [-0.3, -0.25) is 0 Å². The minimum Gasteiger partial charge on any atom is -0.322 e. The van der Waals surface area contributed by atoms with Crippen LogP contribution in [-0.2, 0) is 0 Å². The highest BCUT2D eigenvalue weighted by molar-refractivity contribution is 7.73. The highest BCUT2D eigenvalue weighted by Crippen LogP contribution is 2.51. The van der Waals surface area contributed by atoms with E-state index in [4.69, 9.17) is 5.73 Å². The molecule has 0 aliphatic heterocycles. The Kier molecular flexibility index (Phi) is 8.29. The van der Waals surface area contributed by atoms with Crippen molar-refractivity contribution in [1.29, 1.82) is 0 Å². The number of hydrogen-bond donors (Lipinski definition) is 2. The molecule has 0 amide bonds. The van der Waals surface area contributed by atoms with Gasteiger partial charge in [0.1, 0.15) is 0 Å². The second-order valence-electron chi connectivity index (χ2n) is 9.98. The topological polar surface area (TPSA) is 38.0 Å². The van der Waals surface area contributed by atoms with Crippen LogP contribution in [0.1, 0.15) is 49.4 Å². The minimum absolute atomic E-state index is 0.0597. The maximum absolute atomic E-state index is 6.94. The Morgan fingerprint density at radius 3 is 1.67 bits per heavy atom. The second-order valence-corrected chi connectivity index (χ2v) is 12.4. The molecule has 1 fully saturated rings. The summed E-state index contributed by atoms with van der Waals surface area (Å²) in [6, 6.07) is 44.0. The predicted molar refractivity (Wildman–Crippen MR) is 155 cm³/mol. The average Bonchev–Trinajstić information content (AvgIpc) is 3.43. The fourth-order valence-corrected chi connectivity index (χ4v) is 9.21. The van der Waals surface area contributed by atoms with Crippen molar-refractivity contribution in [3.05, 3.63) is 132 Å². The molecule has 0 radical (unpaired) electrons. The summed E-state index contributed by atoms with van der Waals surface area (Å²) < 4.78 is 0. The van der Waals surface area contributed by atoms with E-state index >= 15 is 0 Å². The lowest BCUT2D eigenvalue weighted by Gasteiger charge is -2.37. The molecule has 0 aromatic heterocycles. The van der Waals surface area contributed by atoms with Gasteiger partial charge in [0.2, 0.25) is 0 Å². The van der Waals surface area contributed by atoms with Crippen molar-refractivity contribution in [2.45, 2.75) is 50.0 Å². The van der Waals surface area contributed by atoms with Crippen LogP contribution in [0, 0.1) is 5.92 Å². The maximum Gasteiger partial charge on any atom is 0.0518 e. The monoisotopic (exact) mass is 492 g/mol. The molecule has 2 nitrogen and oxygen atoms in total. The van der Waals surface area contributed by atoms with E-state index in [0.717, 1.165) is 0 Å². The maximum atomic E-state index is 6.94. The van der Waals surface area contributed by atoms with E-state index in [1.165, 1.54) is 41.0 Å². The third-order valence-electron chi connectivity index (χ3n) is 7.72. The van der Waals surface area contributed by atoms with Crippen LogP contribution in [-0.4, -0.2) is 11.7 Å². The minimum atomic E-state index is -0.433. The van der Waals surface area contributed by atoms with E-state index in [2.05, 4.69) is 134 Å². The SMILES string of the molecule is C[C@@H](N[C@@H](c1ccccc1)[C@@H](N)c1ccccc1)C1CCCC1P(c1ccccc1)c1ccccc1. The molecule has 36 heavy (non-hydrogen) atoms. The lowest BCUT2D eigenvalue weighted by Crippen LogP contribution is -2.43. The first-order valence-corrected chi connectivity index (χ1v) is 14.6. The van der Waals surface area contributed by atoms with Gasteiger partial charge in [0.15, 0.2) is 0 Å². The van der Waals surface area contributed by atoms with E-state index in [0.29, 0.717) is 17.6 Å². The van der Waals surface area contributed by atoms with Crippen LogP contribution in [0.2, 0.25) is 0 Å². The molecule has 0 spiro atoms. The van der Waals surface area contributed by atoms with Crippen LogP contribution in [0.4, 0.5) is 0 Å². The lowest BCUT2D eigenvalue weighted by atomic mass is 9.91. The summed E-state index contributed by atoms with van der Waals surface area (Å²) in [5, 5.41) is 7.03. The van der Waals surface area contributed by atoms with Gasteiger partial charge < -0.3 is 11.1 Å². The van der Waals surface area contributed by atoms with E-state index < -0.39 is 7.92 Å². The Bertz CT molecular complexity index is 1140. The van der Waals surface area contributed by atoms with Gasteiger partial charge in [-0.1, -0.05) is 128 Å². The summed E-state index contributed by atoms with van der Waals surface area (Å²) in [6.07, 6.45) is 3.84. The molecule has 3 heteroatoms. The second kappa shape index (κ2) is 12.0. The molecule has 0 saturated heterocycles. The zero-order valence-electron chi connectivity index (χ0n) is 21.1. The Morgan fingerprint density at radius 1 is 0.667 bits per heavy atom. The van der Waals surface area contributed by atoms with Crippen molar-refractivity contribution in [1.82, 2.24) is 5.32 Å². The standard InChI is InChI=1S/C33H37N2P/c1-25(35-33(27-17-8-3-9-18-27)32(34)26-15-6-2-7-16-26)30-23-14-24-31(30)36(28-19-10-4-11-20-28)29-21-12-5-13-22-29/h2-13,15-22,25,30-33,35H,14,23-24,34H2,1H3/t25-,30?,31?,32+,33+/m1/s1. The molecule has 4 aromatic carbocycles. The van der Waals surface area contributed by atoms with Gasteiger partial charge >= 0.3 is 0 Å². The molecule has 0 heterocycles. The Balaban J connectivity index is 1.44. The predicted octanol–water partition coefficient (Wildman–Crippen LogP) is 6.71. The van der Waals surface area contributed by atoms with Crippen LogP contribution < -0.4 is 21.7 Å². The van der Waals surface area contributed by atoms with Gasteiger partial charge in [0, 0.05) is 12.1 Å². The molecule has 2 unspecified atom stereocenters. The molecular formula is C33H37N2P. The third kappa shape index (κ3) is 5.62. The molecule has 3 N–H and O–H groups in total. The Hall–Kier alpha value is -2.77. The summed E-state index contributed by atoms with van der Waals surface area (Å²) in [5.41, 5.74) is 10.0. The number of nitrogens with one attached hydrogen (secondary N) is 1. The highest BCUT2D eigenvalue weighted by atomic mass is 31.1. The molecule has 1 aliphatic carbocycles. The van der Waals surface area contributed by atoms with E-state index in [-0.39, 0.29) is 12.1 Å². The molecule has 1 saturated carbocycles. The van der Waals surface area contributed by atoms with Crippen LogP contribution in [0.3, 0.4) is 0 Å². The van der Waals surface area contributed by atoms with Crippen molar-refractivity contribution in [3.8, 4) is 0 Å². The van der Waals surface area contributed by atoms with Gasteiger partial charge in [-0.2, -0.15) is 0 Å². The van der Waals surface area contributed by atoms with Gasteiger partial charge in [-0.25, -0.2) is 0 Å². The van der Waals surface area contributed by atoms with Crippen molar-refractivity contribution in [3.63, 3.8) is 0 Å². The molecule has 5 rings (SSSR count). The molecule has 5 atom stereocenters. The zero-order chi connectivity index (χ0) is 24.7. The van der Waals surface area contributed by atoms with Crippen molar-refractivity contribution in [2.24, 2.45) is 11.7 Å². The summed E-state index contributed by atoms with van der Waals surface area (Å²) in [5.74, 6) is 0.603. The van der Waals surface area contributed by atoms with Crippen LogP contribution in [0.15, 0.2) is 121 Å². The molecule has 4 aromatic rings. The van der Waals surface area contributed by atoms with Gasteiger partial charge in [-0.15, -0.1) is 0 Å². The van der Waals surface area contributed by atoms with E-state index in [1.807, 2.05) is 0 Å². The first-order chi connectivity index (χ1) is 17.7. The van der Waals surface area contributed by atoms with Gasteiger partial charge in [-0.05, 0) is 61.0 Å². The van der Waals surface area contributed by atoms with Gasteiger partial charge in [0.25, 0.3) is 0 Å². The molecule has 0 bridgehead atoms. The number of hydrogen-bond acceptors (Lipinski definition) is 2. The number of rotatable bonds is 9. The van der Waals surface area contributed by atoms with E-state index in [1.54, 1.807) is 0 Å². The fourth-order valence-electron chi connectivity index (χ4n) is 5.92. The van der Waals surface area contributed by atoms with Crippen LogP contribution in [0.5, 0.6) is 0 Å². The lowest BCUT2D eigenvalue weighted by molar-refractivity contribution is 0.322. The fraction of sp³-hybridized carbons (Fsp3) is 0.273. The van der Waals surface area contributed by atoms with Crippen molar-refractivity contribution < 1.29 is 0 Å². The van der Waals surface area contributed by atoms with Gasteiger partial charge in [0.05, 0.1) is 6.04 Å². The molecule has 1 aliphatic rings. The van der Waals surface area contributed by atoms with Crippen molar-refractivity contribution in [2.75, 3.05) is 0 Å². The van der Waals surface area contributed by atoms with E-state index in [9.17, 15) is 0 Å². The first kappa shape index (κ1) is 24.9. The largest absolute Gasteiger partial charge is 0.322 e. The van der Waals surface area contributed by atoms with Crippen LogP contribution >= 0.6 is 7.92 Å². The summed E-state index contributed by atoms with van der Waals surface area (Å²) in [4.78, 5) is 0. The van der Waals surface area contributed by atoms with Crippen molar-refractivity contribution >= 4 is 18.5 Å². The first-order valence-electron chi connectivity index (χ1n) is 13.2. The molecular weight excluding hydrogens is 455 g/mol.